The summed E-state index contributed by atoms with van der Waals surface area (Å²) in [6.07, 6.45) is 5.35. The van der Waals surface area contributed by atoms with Crippen molar-refractivity contribution in [3.63, 3.8) is 0 Å². The zero-order chi connectivity index (χ0) is 11.1. The van der Waals surface area contributed by atoms with Gasteiger partial charge < -0.3 is 5.32 Å². The van der Waals surface area contributed by atoms with E-state index in [1.54, 1.807) is 0 Å². The third-order valence-electron chi connectivity index (χ3n) is 2.68. The van der Waals surface area contributed by atoms with E-state index in [0.717, 1.165) is 38.6 Å². The fourth-order valence-corrected chi connectivity index (χ4v) is 3.14. The Labute approximate surface area is 92.9 Å². The topological polar surface area (TPSA) is 58.2 Å². The molecule has 4 nitrogen and oxygen atoms in total. The second-order valence-electron chi connectivity index (χ2n) is 4.17. The number of hydrogen-bond acceptors (Lipinski definition) is 3. The van der Waals surface area contributed by atoms with Crippen LogP contribution in [-0.2, 0) is 10.0 Å². The van der Waals surface area contributed by atoms with E-state index in [1.165, 1.54) is 0 Å². The second kappa shape index (κ2) is 6.45. The van der Waals surface area contributed by atoms with Crippen molar-refractivity contribution in [2.75, 3.05) is 18.8 Å². The van der Waals surface area contributed by atoms with Crippen LogP contribution in [0.25, 0.3) is 0 Å². The van der Waals surface area contributed by atoms with E-state index < -0.39 is 10.0 Å². The summed E-state index contributed by atoms with van der Waals surface area (Å²) in [6.45, 7) is 3.51. The van der Waals surface area contributed by atoms with Gasteiger partial charge in [0.25, 0.3) is 0 Å². The summed E-state index contributed by atoms with van der Waals surface area (Å²) < 4.78 is 26.0. The molecule has 0 radical (unpaired) electrons. The molecule has 0 heterocycles. The van der Waals surface area contributed by atoms with E-state index in [0.29, 0.717) is 6.54 Å². The smallest absolute Gasteiger partial charge is 0.213 e. The molecule has 0 aromatic heterocycles. The van der Waals surface area contributed by atoms with Crippen LogP contribution in [0.15, 0.2) is 0 Å². The Morgan fingerprint density at radius 2 is 1.87 bits per heavy atom. The molecule has 5 heteroatoms. The molecule has 15 heavy (non-hydrogen) atoms. The Kier molecular flexibility index (Phi) is 5.56. The predicted octanol–water partition coefficient (Wildman–Crippen LogP) is 0.848. The fraction of sp³-hybridized carbons (Fsp3) is 1.00. The van der Waals surface area contributed by atoms with Crippen LogP contribution in [0.4, 0.5) is 0 Å². The largest absolute Gasteiger partial charge is 0.316 e. The summed E-state index contributed by atoms with van der Waals surface area (Å²) in [6, 6.07) is 0.196. The van der Waals surface area contributed by atoms with Gasteiger partial charge in [0.15, 0.2) is 0 Å². The Balaban J connectivity index is 2.19. The van der Waals surface area contributed by atoms with Gasteiger partial charge in [0.2, 0.25) is 10.0 Å². The molecule has 0 aromatic carbocycles. The first-order chi connectivity index (χ1) is 7.14. The molecule has 0 aliphatic heterocycles. The molecule has 90 valence electrons. The average Bonchev–Trinajstić information content (AvgIpc) is 2.64. The van der Waals surface area contributed by atoms with Gasteiger partial charge in [0.05, 0.1) is 5.75 Å². The van der Waals surface area contributed by atoms with Gasteiger partial charge in [-0.15, -0.1) is 0 Å². The van der Waals surface area contributed by atoms with E-state index in [4.69, 9.17) is 0 Å². The molecule has 1 fully saturated rings. The molecule has 1 saturated carbocycles. The van der Waals surface area contributed by atoms with Crippen molar-refractivity contribution in [1.29, 1.82) is 0 Å². The molecular formula is C10H22N2O2S. The molecule has 1 aliphatic carbocycles. The van der Waals surface area contributed by atoms with Crippen LogP contribution in [0.2, 0.25) is 0 Å². The van der Waals surface area contributed by atoms with Gasteiger partial charge in [0, 0.05) is 12.6 Å². The zero-order valence-electron chi connectivity index (χ0n) is 9.46. The van der Waals surface area contributed by atoms with Gasteiger partial charge in [-0.3, -0.25) is 0 Å². The van der Waals surface area contributed by atoms with Crippen molar-refractivity contribution in [2.24, 2.45) is 0 Å². The molecule has 1 rings (SSSR count). The van der Waals surface area contributed by atoms with Gasteiger partial charge in [0.1, 0.15) is 0 Å². The van der Waals surface area contributed by atoms with E-state index in [-0.39, 0.29) is 11.8 Å². The standard InChI is InChI=1S/C10H22N2O2S/c1-2-7-11-8-9-15(13,14)12-10-5-3-4-6-10/h10-12H,2-9H2,1H3. The number of sulfonamides is 1. The maximum absolute atomic E-state index is 11.6. The highest BCUT2D eigenvalue weighted by molar-refractivity contribution is 7.89. The molecule has 0 bridgehead atoms. The first-order valence-electron chi connectivity index (χ1n) is 5.85. The minimum Gasteiger partial charge on any atom is -0.316 e. The van der Waals surface area contributed by atoms with E-state index >= 15 is 0 Å². The summed E-state index contributed by atoms with van der Waals surface area (Å²) in [5.41, 5.74) is 0. The van der Waals surface area contributed by atoms with Crippen molar-refractivity contribution in [1.82, 2.24) is 10.0 Å². The fourth-order valence-electron chi connectivity index (χ4n) is 1.86. The normalized spacial score (nSPS) is 18.5. The highest BCUT2D eigenvalue weighted by atomic mass is 32.2. The van der Waals surface area contributed by atoms with Crippen LogP contribution >= 0.6 is 0 Å². The molecule has 0 saturated heterocycles. The first-order valence-corrected chi connectivity index (χ1v) is 7.50. The highest BCUT2D eigenvalue weighted by Gasteiger charge is 2.20. The summed E-state index contributed by atoms with van der Waals surface area (Å²) in [4.78, 5) is 0. The lowest BCUT2D eigenvalue weighted by Crippen LogP contribution is -2.37. The third kappa shape index (κ3) is 5.49. The van der Waals surface area contributed by atoms with Gasteiger partial charge in [-0.05, 0) is 25.8 Å². The van der Waals surface area contributed by atoms with E-state index in [2.05, 4.69) is 17.0 Å². The average molecular weight is 234 g/mol. The minimum atomic E-state index is -3.06. The monoisotopic (exact) mass is 234 g/mol. The third-order valence-corrected chi connectivity index (χ3v) is 4.11. The highest BCUT2D eigenvalue weighted by Crippen LogP contribution is 2.18. The number of hydrogen-bond donors (Lipinski definition) is 2. The first kappa shape index (κ1) is 12.9. The molecule has 0 spiro atoms. The SMILES string of the molecule is CCCNCCS(=O)(=O)NC1CCCC1. The lowest BCUT2D eigenvalue weighted by Gasteiger charge is -2.12. The van der Waals surface area contributed by atoms with Crippen LogP contribution in [0.3, 0.4) is 0 Å². The number of rotatable bonds is 7. The molecule has 0 aromatic rings. The maximum Gasteiger partial charge on any atom is 0.213 e. The quantitative estimate of drug-likeness (QED) is 0.642. The number of nitrogens with one attached hydrogen (secondary N) is 2. The maximum atomic E-state index is 11.6. The molecular weight excluding hydrogens is 212 g/mol. The van der Waals surface area contributed by atoms with Crippen LogP contribution in [0, 0.1) is 0 Å². The van der Waals surface area contributed by atoms with Crippen molar-refractivity contribution < 1.29 is 8.42 Å². The lowest BCUT2D eigenvalue weighted by molar-refractivity contribution is 0.548. The van der Waals surface area contributed by atoms with Crippen LogP contribution in [0.1, 0.15) is 39.0 Å². The molecule has 0 atom stereocenters. The van der Waals surface area contributed by atoms with Gasteiger partial charge in [-0.2, -0.15) is 0 Å². The van der Waals surface area contributed by atoms with Crippen molar-refractivity contribution >= 4 is 10.0 Å². The van der Waals surface area contributed by atoms with Gasteiger partial charge >= 0.3 is 0 Å². The Hall–Kier alpha value is -0.130. The summed E-state index contributed by atoms with van der Waals surface area (Å²) in [5.74, 6) is 0.198. The van der Waals surface area contributed by atoms with Crippen LogP contribution in [-0.4, -0.2) is 33.3 Å². The minimum absolute atomic E-state index is 0.196. The van der Waals surface area contributed by atoms with Crippen LogP contribution in [0.5, 0.6) is 0 Å². The summed E-state index contributed by atoms with van der Waals surface area (Å²) in [7, 11) is -3.06. The molecule has 0 amide bonds. The van der Waals surface area contributed by atoms with Gasteiger partial charge in [-0.1, -0.05) is 19.8 Å². The Morgan fingerprint density at radius 1 is 1.20 bits per heavy atom. The predicted molar refractivity (Wildman–Crippen MR) is 62.3 cm³/mol. The summed E-state index contributed by atoms with van der Waals surface area (Å²) in [5, 5.41) is 3.10. The van der Waals surface area contributed by atoms with E-state index in [9.17, 15) is 8.42 Å². The van der Waals surface area contributed by atoms with Crippen LogP contribution < -0.4 is 10.0 Å². The zero-order valence-corrected chi connectivity index (χ0v) is 10.3. The van der Waals surface area contributed by atoms with Crippen molar-refractivity contribution in [3.8, 4) is 0 Å². The molecule has 0 unspecified atom stereocenters. The molecule has 1 aliphatic rings. The molecule has 2 N–H and O–H groups in total. The van der Waals surface area contributed by atoms with Crippen molar-refractivity contribution in [3.05, 3.63) is 0 Å². The van der Waals surface area contributed by atoms with Gasteiger partial charge in [-0.25, -0.2) is 13.1 Å². The van der Waals surface area contributed by atoms with Crippen molar-refractivity contribution in [2.45, 2.75) is 45.1 Å². The van der Waals surface area contributed by atoms with E-state index in [1.807, 2.05) is 0 Å². The lowest BCUT2D eigenvalue weighted by atomic mass is 10.3. The summed E-state index contributed by atoms with van der Waals surface area (Å²) >= 11 is 0. The second-order valence-corrected chi connectivity index (χ2v) is 6.04. The Bertz CT molecular complexity index is 259. The Morgan fingerprint density at radius 3 is 2.47 bits per heavy atom.